The molecule has 1 atom stereocenters. The van der Waals surface area contributed by atoms with E-state index in [-0.39, 0.29) is 0 Å². The van der Waals surface area contributed by atoms with Crippen molar-refractivity contribution in [3.05, 3.63) is 30.1 Å². The Morgan fingerprint density at radius 2 is 2.17 bits per heavy atom. The predicted octanol–water partition coefficient (Wildman–Crippen LogP) is 2.09. The molecule has 0 radical (unpaired) electrons. The molecule has 0 amide bonds. The largest absolute Gasteiger partial charge is 0.301 e. The average molecular weight is 164 g/mol. The van der Waals surface area contributed by atoms with Crippen molar-refractivity contribution in [2.45, 2.75) is 19.4 Å². The molecule has 1 rings (SSSR count). The molecular weight excluding hydrogens is 148 g/mol. The first-order valence-electron chi connectivity index (χ1n) is 4.33. The molecule has 0 spiro atoms. The fraction of sp³-hybridized carbons (Fsp3) is 0.500. The van der Waals surface area contributed by atoms with Gasteiger partial charge >= 0.3 is 0 Å². The summed E-state index contributed by atoms with van der Waals surface area (Å²) < 4.78 is 0. The van der Waals surface area contributed by atoms with Gasteiger partial charge in [-0.2, -0.15) is 0 Å². The summed E-state index contributed by atoms with van der Waals surface area (Å²) in [7, 11) is 4.17. The van der Waals surface area contributed by atoms with Crippen LogP contribution in [0.25, 0.3) is 0 Å². The van der Waals surface area contributed by atoms with E-state index in [2.05, 4.69) is 37.0 Å². The average Bonchev–Trinajstić information content (AvgIpc) is 2.07. The Kier molecular flexibility index (Phi) is 3.23. The van der Waals surface area contributed by atoms with E-state index in [4.69, 9.17) is 0 Å². The Morgan fingerprint density at radius 3 is 2.58 bits per heavy atom. The van der Waals surface area contributed by atoms with Gasteiger partial charge in [0.2, 0.25) is 0 Å². The van der Waals surface area contributed by atoms with Crippen LogP contribution in [-0.2, 0) is 0 Å². The minimum Gasteiger partial charge on any atom is -0.301 e. The lowest BCUT2D eigenvalue weighted by Crippen LogP contribution is -2.19. The molecule has 12 heavy (non-hydrogen) atoms. The number of rotatable bonds is 3. The van der Waals surface area contributed by atoms with Crippen molar-refractivity contribution in [3.8, 4) is 0 Å². The fourth-order valence-corrected chi connectivity index (χ4v) is 1.41. The van der Waals surface area contributed by atoms with Gasteiger partial charge in [0.25, 0.3) is 0 Å². The van der Waals surface area contributed by atoms with Gasteiger partial charge in [0.15, 0.2) is 0 Å². The first-order valence-corrected chi connectivity index (χ1v) is 4.33. The highest BCUT2D eigenvalue weighted by Crippen LogP contribution is 2.18. The SMILES string of the molecule is CCC(c1ccccn1)N(C)C. The second-order valence-corrected chi connectivity index (χ2v) is 3.14. The number of hydrogen-bond acceptors (Lipinski definition) is 2. The van der Waals surface area contributed by atoms with E-state index >= 15 is 0 Å². The van der Waals surface area contributed by atoms with Gasteiger partial charge in [-0.15, -0.1) is 0 Å². The molecule has 66 valence electrons. The Balaban J connectivity index is 2.80. The molecule has 1 unspecified atom stereocenters. The van der Waals surface area contributed by atoms with E-state index in [1.165, 1.54) is 0 Å². The lowest BCUT2D eigenvalue weighted by atomic mass is 10.1. The van der Waals surface area contributed by atoms with E-state index in [1.807, 2.05) is 18.3 Å². The predicted molar refractivity (Wildman–Crippen MR) is 51.0 cm³/mol. The van der Waals surface area contributed by atoms with Crippen LogP contribution in [0.4, 0.5) is 0 Å². The molecule has 0 aliphatic carbocycles. The molecule has 1 aromatic heterocycles. The van der Waals surface area contributed by atoms with E-state index < -0.39 is 0 Å². The summed E-state index contributed by atoms with van der Waals surface area (Å²) in [4.78, 5) is 6.53. The molecule has 0 saturated carbocycles. The van der Waals surface area contributed by atoms with Crippen LogP contribution in [0.1, 0.15) is 25.1 Å². The monoisotopic (exact) mass is 164 g/mol. The van der Waals surface area contributed by atoms with Crippen LogP contribution < -0.4 is 0 Å². The number of aromatic nitrogens is 1. The van der Waals surface area contributed by atoms with Gasteiger partial charge in [-0.1, -0.05) is 13.0 Å². The molecule has 0 aliphatic rings. The highest BCUT2D eigenvalue weighted by molar-refractivity contribution is 5.08. The lowest BCUT2D eigenvalue weighted by molar-refractivity contribution is 0.286. The second-order valence-electron chi connectivity index (χ2n) is 3.14. The van der Waals surface area contributed by atoms with Gasteiger partial charge < -0.3 is 4.90 Å². The Labute approximate surface area is 74.2 Å². The maximum atomic E-state index is 4.33. The van der Waals surface area contributed by atoms with Crippen LogP contribution in [0.5, 0.6) is 0 Å². The molecule has 0 aromatic carbocycles. The Morgan fingerprint density at radius 1 is 1.42 bits per heavy atom. The normalized spacial score (nSPS) is 13.3. The maximum Gasteiger partial charge on any atom is 0.0575 e. The van der Waals surface area contributed by atoms with Crippen molar-refractivity contribution in [2.24, 2.45) is 0 Å². The highest BCUT2D eigenvalue weighted by Gasteiger charge is 2.11. The second kappa shape index (κ2) is 4.21. The summed E-state index contributed by atoms with van der Waals surface area (Å²) >= 11 is 0. The van der Waals surface area contributed by atoms with Gasteiger partial charge in [0, 0.05) is 6.20 Å². The number of pyridine rings is 1. The first kappa shape index (κ1) is 9.20. The molecule has 2 nitrogen and oxygen atoms in total. The Hall–Kier alpha value is -0.890. The van der Waals surface area contributed by atoms with Crippen LogP contribution in [0.15, 0.2) is 24.4 Å². The van der Waals surface area contributed by atoms with Crippen molar-refractivity contribution in [1.29, 1.82) is 0 Å². The standard InChI is InChI=1S/C10H16N2/c1-4-10(12(2)3)9-7-5-6-8-11-9/h5-8,10H,4H2,1-3H3. The van der Waals surface area contributed by atoms with Crippen molar-refractivity contribution < 1.29 is 0 Å². The van der Waals surface area contributed by atoms with Crippen LogP contribution in [-0.4, -0.2) is 24.0 Å². The summed E-state index contributed by atoms with van der Waals surface area (Å²) in [5, 5.41) is 0. The van der Waals surface area contributed by atoms with Gasteiger partial charge in [0.05, 0.1) is 11.7 Å². The highest BCUT2D eigenvalue weighted by atomic mass is 15.1. The van der Waals surface area contributed by atoms with Crippen molar-refractivity contribution in [3.63, 3.8) is 0 Å². The molecule has 0 bridgehead atoms. The van der Waals surface area contributed by atoms with Crippen molar-refractivity contribution in [1.82, 2.24) is 9.88 Å². The number of nitrogens with zero attached hydrogens (tertiary/aromatic N) is 2. The molecule has 1 aromatic rings. The summed E-state index contributed by atoms with van der Waals surface area (Å²) in [5.74, 6) is 0. The first-order chi connectivity index (χ1) is 5.75. The quantitative estimate of drug-likeness (QED) is 0.680. The van der Waals surface area contributed by atoms with E-state index in [1.54, 1.807) is 0 Å². The lowest BCUT2D eigenvalue weighted by Gasteiger charge is -2.21. The van der Waals surface area contributed by atoms with Crippen molar-refractivity contribution in [2.75, 3.05) is 14.1 Å². The van der Waals surface area contributed by atoms with Crippen LogP contribution in [0, 0.1) is 0 Å². The van der Waals surface area contributed by atoms with E-state index in [9.17, 15) is 0 Å². The van der Waals surface area contributed by atoms with Crippen LogP contribution in [0.3, 0.4) is 0 Å². The zero-order valence-electron chi connectivity index (χ0n) is 7.99. The van der Waals surface area contributed by atoms with Crippen molar-refractivity contribution >= 4 is 0 Å². The third-order valence-electron chi connectivity index (χ3n) is 2.04. The van der Waals surface area contributed by atoms with E-state index in [0.717, 1.165) is 12.1 Å². The van der Waals surface area contributed by atoms with Gasteiger partial charge in [-0.05, 0) is 32.6 Å². The van der Waals surface area contributed by atoms with Gasteiger partial charge in [-0.3, -0.25) is 4.98 Å². The molecular formula is C10H16N2. The zero-order chi connectivity index (χ0) is 8.97. The summed E-state index contributed by atoms with van der Waals surface area (Å²) in [6.45, 7) is 2.18. The smallest absolute Gasteiger partial charge is 0.0575 e. The summed E-state index contributed by atoms with van der Waals surface area (Å²) in [6, 6.07) is 6.51. The molecule has 2 heteroatoms. The summed E-state index contributed by atoms with van der Waals surface area (Å²) in [6.07, 6.45) is 2.95. The van der Waals surface area contributed by atoms with E-state index in [0.29, 0.717) is 6.04 Å². The molecule has 1 heterocycles. The van der Waals surface area contributed by atoms with Crippen LogP contribution >= 0.6 is 0 Å². The number of hydrogen-bond donors (Lipinski definition) is 0. The van der Waals surface area contributed by atoms with Gasteiger partial charge in [0.1, 0.15) is 0 Å². The molecule has 0 N–H and O–H groups in total. The zero-order valence-corrected chi connectivity index (χ0v) is 7.99. The third-order valence-corrected chi connectivity index (χ3v) is 2.04. The molecule has 0 aliphatic heterocycles. The minimum absolute atomic E-state index is 0.450. The third kappa shape index (κ3) is 2.05. The fourth-order valence-electron chi connectivity index (χ4n) is 1.41. The minimum atomic E-state index is 0.450. The van der Waals surface area contributed by atoms with Crippen LogP contribution in [0.2, 0.25) is 0 Å². The van der Waals surface area contributed by atoms with Gasteiger partial charge in [-0.25, -0.2) is 0 Å². The molecule has 0 fully saturated rings. The topological polar surface area (TPSA) is 16.1 Å². The Bertz CT molecular complexity index is 219. The maximum absolute atomic E-state index is 4.33. The summed E-state index contributed by atoms with van der Waals surface area (Å²) in [5.41, 5.74) is 1.16. The molecule has 0 saturated heterocycles.